The second-order valence-electron chi connectivity index (χ2n) is 4.67. The van der Waals surface area contributed by atoms with Gasteiger partial charge in [-0.3, -0.25) is 14.9 Å². The molecule has 0 aliphatic rings. The van der Waals surface area contributed by atoms with Crippen molar-refractivity contribution in [1.29, 1.82) is 0 Å². The number of carbonyl (C=O) groups is 1. The monoisotopic (exact) mass is 280 g/mol. The van der Waals surface area contributed by atoms with Crippen LogP contribution < -0.4 is 16.4 Å². The average molecular weight is 280 g/mol. The van der Waals surface area contributed by atoms with Crippen molar-refractivity contribution in [3.05, 3.63) is 33.4 Å². The zero-order valence-corrected chi connectivity index (χ0v) is 11.9. The van der Waals surface area contributed by atoms with Gasteiger partial charge in [0, 0.05) is 18.7 Å². The summed E-state index contributed by atoms with van der Waals surface area (Å²) in [6.07, 6.45) is 0. The molecule has 0 unspecified atom stereocenters. The van der Waals surface area contributed by atoms with Crippen molar-refractivity contribution in [3.8, 4) is 0 Å². The van der Waals surface area contributed by atoms with Crippen molar-refractivity contribution < 1.29 is 9.72 Å². The Bertz CT molecular complexity index is 517. The largest absolute Gasteiger partial charge is 0.393 e. The predicted octanol–water partition coefficient (Wildman–Crippen LogP) is 1.21. The van der Waals surface area contributed by atoms with Gasteiger partial charge in [0.2, 0.25) is 0 Å². The smallest absolute Gasteiger partial charge is 0.293 e. The number of benzene rings is 1. The molecule has 1 aromatic carbocycles. The Hall–Kier alpha value is -2.15. The van der Waals surface area contributed by atoms with Gasteiger partial charge in [0.05, 0.1) is 10.5 Å². The van der Waals surface area contributed by atoms with E-state index in [9.17, 15) is 14.9 Å². The molecule has 0 fully saturated rings. The van der Waals surface area contributed by atoms with Gasteiger partial charge < -0.3 is 16.4 Å². The van der Waals surface area contributed by atoms with Gasteiger partial charge in [-0.15, -0.1) is 0 Å². The van der Waals surface area contributed by atoms with Gasteiger partial charge in [-0.2, -0.15) is 0 Å². The van der Waals surface area contributed by atoms with Crippen LogP contribution in [0, 0.1) is 17.0 Å². The molecule has 0 aliphatic heterocycles. The maximum absolute atomic E-state index is 12.1. The molecular formula is C13H20N4O3. The van der Waals surface area contributed by atoms with Crippen LogP contribution in [0.2, 0.25) is 0 Å². The number of aryl methyl sites for hydroxylation is 1. The molecule has 0 saturated carbocycles. The number of carbonyl (C=O) groups excluding carboxylic acids is 1. The number of likely N-dealkylation sites (N-methyl/N-ethyl adjacent to an activating group) is 1. The number of nitrogens with zero attached hydrogens (tertiary/aromatic N) is 1. The highest BCUT2D eigenvalue weighted by atomic mass is 16.6. The molecule has 7 heteroatoms. The molecule has 0 radical (unpaired) electrons. The van der Waals surface area contributed by atoms with Gasteiger partial charge in [-0.1, -0.05) is 6.92 Å². The number of nitro groups is 1. The summed E-state index contributed by atoms with van der Waals surface area (Å²) in [6.45, 7) is 6.82. The molecule has 0 aliphatic carbocycles. The molecule has 0 aromatic heterocycles. The first kappa shape index (κ1) is 15.9. The third-order valence-electron chi connectivity index (χ3n) is 2.87. The van der Waals surface area contributed by atoms with Crippen LogP contribution in [-0.2, 0) is 0 Å². The molecule has 7 nitrogen and oxygen atoms in total. The van der Waals surface area contributed by atoms with Crippen LogP contribution in [0.25, 0.3) is 0 Å². The Morgan fingerprint density at radius 2 is 2.15 bits per heavy atom. The van der Waals surface area contributed by atoms with Crippen LogP contribution in [0.5, 0.6) is 0 Å². The van der Waals surface area contributed by atoms with E-state index in [1.54, 1.807) is 13.0 Å². The van der Waals surface area contributed by atoms with Crippen molar-refractivity contribution in [2.75, 3.05) is 18.8 Å². The van der Waals surface area contributed by atoms with E-state index in [0.717, 1.165) is 6.54 Å². The fourth-order valence-corrected chi connectivity index (χ4v) is 1.88. The number of anilines is 1. The summed E-state index contributed by atoms with van der Waals surface area (Å²) in [5.41, 5.74) is 6.12. The third-order valence-corrected chi connectivity index (χ3v) is 2.87. The second kappa shape index (κ2) is 6.85. The van der Waals surface area contributed by atoms with Gasteiger partial charge in [-0.05, 0) is 32.0 Å². The number of nitrogen functional groups attached to an aromatic ring is 1. The van der Waals surface area contributed by atoms with E-state index in [1.165, 1.54) is 6.07 Å². The van der Waals surface area contributed by atoms with Crippen LogP contribution in [-0.4, -0.2) is 30.0 Å². The summed E-state index contributed by atoms with van der Waals surface area (Å²) < 4.78 is 0. The summed E-state index contributed by atoms with van der Waals surface area (Å²) >= 11 is 0. The SMILES string of the molecule is CCN[C@H](C)CNC(=O)c1cc(C)cc([N+](=O)[O-])c1N. The molecule has 1 amide bonds. The van der Waals surface area contributed by atoms with E-state index in [-0.39, 0.29) is 23.0 Å². The highest BCUT2D eigenvalue weighted by Crippen LogP contribution is 2.26. The number of hydrogen-bond acceptors (Lipinski definition) is 5. The van der Waals surface area contributed by atoms with Crippen molar-refractivity contribution in [1.82, 2.24) is 10.6 Å². The Morgan fingerprint density at radius 3 is 2.70 bits per heavy atom. The first-order valence-electron chi connectivity index (χ1n) is 6.42. The molecule has 1 atom stereocenters. The van der Waals surface area contributed by atoms with Gasteiger partial charge in [0.15, 0.2) is 0 Å². The fourth-order valence-electron chi connectivity index (χ4n) is 1.88. The van der Waals surface area contributed by atoms with Gasteiger partial charge in [-0.25, -0.2) is 0 Å². The Kier molecular flexibility index (Phi) is 5.45. The average Bonchev–Trinajstić information content (AvgIpc) is 2.38. The number of nitrogens with two attached hydrogens (primary N) is 1. The number of nitrogens with one attached hydrogen (secondary N) is 2. The van der Waals surface area contributed by atoms with Crippen LogP contribution in [0.15, 0.2) is 12.1 Å². The molecule has 20 heavy (non-hydrogen) atoms. The number of nitro benzene ring substituents is 1. The van der Waals surface area contributed by atoms with Gasteiger partial charge in [0.1, 0.15) is 5.69 Å². The van der Waals surface area contributed by atoms with Crippen molar-refractivity contribution in [2.24, 2.45) is 0 Å². The van der Waals surface area contributed by atoms with Crippen molar-refractivity contribution >= 4 is 17.3 Å². The van der Waals surface area contributed by atoms with Crippen LogP contribution >= 0.6 is 0 Å². The fraction of sp³-hybridized carbons (Fsp3) is 0.462. The minimum absolute atomic E-state index is 0.103. The number of rotatable bonds is 6. The van der Waals surface area contributed by atoms with E-state index in [4.69, 9.17) is 5.73 Å². The molecular weight excluding hydrogens is 260 g/mol. The molecule has 4 N–H and O–H groups in total. The zero-order valence-electron chi connectivity index (χ0n) is 11.9. The molecule has 110 valence electrons. The first-order chi connectivity index (χ1) is 9.36. The summed E-state index contributed by atoms with van der Waals surface area (Å²) in [7, 11) is 0. The van der Waals surface area contributed by atoms with Crippen LogP contribution in [0.1, 0.15) is 29.8 Å². The quantitative estimate of drug-likeness (QED) is 0.412. The van der Waals surface area contributed by atoms with Crippen LogP contribution in [0.4, 0.5) is 11.4 Å². The van der Waals surface area contributed by atoms with Crippen LogP contribution in [0.3, 0.4) is 0 Å². The minimum atomic E-state index is -0.583. The van der Waals surface area contributed by atoms with E-state index in [2.05, 4.69) is 10.6 Å². The first-order valence-corrected chi connectivity index (χ1v) is 6.42. The van der Waals surface area contributed by atoms with Gasteiger partial charge in [0.25, 0.3) is 11.6 Å². The molecule has 0 heterocycles. The summed E-state index contributed by atoms with van der Waals surface area (Å²) in [6, 6.07) is 3.02. The standard InChI is InChI=1S/C13H20N4O3/c1-4-15-9(3)7-16-13(18)10-5-8(2)6-11(12(10)14)17(19)20/h5-6,9,15H,4,7,14H2,1-3H3,(H,16,18)/t9-/m1/s1. The van der Waals surface area contributed by atoms with Gasteiger partial charge >= 0.3 is 0 Å². The lowest BCUT2D eigenvalue weighted by molar-refractivity contribution is -0.384. The molecule has 1 rings (SSSR count). The van der Waals surface area contributed by atoms with E-state index >= 15 is 0 Å². The highest BCUT2D eigenvalue weighted by molar-refractivity contribution is 6.01. The maximum atomic E-state index is 12.1. The maximum Gasteiger partial charge on any atom is 0.293 e. The molecule has 1 aromatic rings. The Morgan fingerprint density at radius 1 is 1.50 bits per heavy atom. The normalized spacial score (nSPS) is 11.9. The Labute approximate surface area is 117 Å². The van der Waals surface area contributed by atoms with E-state index < -0.39 is 10.8 Å². The number of hydrogen-bond donors (Lipinski definition) is 3. The van der Waals surface area contributed by atoms with E-state index in [1.807, 2.05) is 13.8 Å². The molecule has 0 bridgehead atoms. The van der Waals surface area contributed by atoms with E-state index in [0.29, 0.717) is 12.1 Å². The topological polar surface area (TPSA) is 110 Å². The lowest BCUT2D eigenvalue weighted by Gasteiger charge is -2.14. The third kappa shape index (κ3) is 3.92. The van der Waals surface area contributed by atoms with Crippen molar-refractivity contribution in [2.45, 2.75) is 26.8 Å². The second-order valence-corrected chi connectivity index (χ2v) is 4.67. The summed E-state index contributed by atoms with van der Waals surface area (Å²) in [5, 5.41) is 16.8. The highest BCUT2D eigenvalue weighted by Gasteiger charge is 2.20. The molecule has 0 saturated heterocycles. The predicted molar refractivity (Wildman–Crippen MR) is 77.7 cm³/mol. The summed E-state index contributed by atoms with van der Waals surface area (Å²) in [5.74, 6) is -0.404. The Balaban J connectivity index is 2.90. The lowest BCUT2D eigenvalue weighted by Crippen LogP contribution is -2.39. The number of amides is 1. The summed E-state index contributed by atoms with van der Waals surface area (Å²) in [4.78, 5) is 22.4. The van der Waals surface area contributed by atoms with Crippen molar-refractivity contribution in [3.63, 3.8) is 0 Å². The minimum Gasteiger partial charge on any atom is -0.393 e. The lowest BCUT2D eigenvalue weighted by atomic mass is 10.1. The molecule has 0 spiro atoms. The zero-order chi connectivity index (χ0) is 15.3.